The second kappa shape index (κ2) is 7.48. The molecule has 0 bridgehead atoms. The van der Waals surface area contributed by atoms with Crippen molar-refractivity contribution in [2.45, 2.75) is 31.6 Å². The quantitative estimate of drug-likeness (QED) is 0.741. The molecule has 4 nitrogen and oxygen atoms in total. The minimum Gasteiger partial charge on any atom is -0.497 e. The highest BCUT2D eigenvalue weighted by atomic mass is 16.5. The Kier molecular flexibility index (Phi) is 5.63. The minimum absolute atomic E-state index is 0.0943. The van der Waals surface area contributed by atoms with Crippen LogP contribution in [-0.2, 0) is 16.1 Å². The first-order valence-electron chi connectivity index (χ1n) is 6.78. The molecule has 1 aromatic rings. The van der Waals surface area contributed by atoms with E-state index in [9.17, 15) is 0 Å². The summed E-state index contributed by atoms with van der Waals surface area (Å²) in [5.41, 5.74) is 1.12. The molecule has 1 unspecified atom stereocenters. The minimum atomic E-state index is 0.0943. The molecule has 19 heavy (non-hydrogen) atoms. The van der Waals surface area contributed by atoms with E-state index in [2.05, 4.69) is 5.32 Å². The molecular formula is C15H23NO3. The van der Waals surface area contributed by atoms with Gasteiger partial charge in [0.05, 0.1) is 26.4 Å². The van der Waals surface area contributed by atoms with Crippen molar-refractivity contribution in [1.29, 1.82) is 0 Å². The molecule has 0 amide bonds. The highest BCUT2D eigenvalue weighted by molar-refractivity contribution is 5.27. The van der Waals surface area contributed by atoms with Gasteiger partial charge >= 0.3 is 0 Å². The fourth-order valence-corrected chi connectivity index (χ4v) is 1.91. The molecule has 0 heterocycles. The van der Waals surface area contributed by atoms with Crippen molar-refractivity contribution in [3.05, 3.63) is 29.8 Å². The number of ether oxygens (including phenoxy) is 3. The van der Waals surface area contributed by atoms with Gasteiger partial charge in [-0.1, -0.05) is 12.1 Å². The van der Waals surface area contributed by atoms with E-state index in [1.807, 2.05) is 24.3 Å². The zero-order chi connectivity index (χ0) is 13.5. The summed E-state index contributed by atoms with van der Waals surface area (Å²) in [6.07, 6.45) is 2.67. The van der Waals surface area contributed by atoms with E-state index in [1.165, 1.54) is 12.8 Å². The fourth-order valence-electron chi connectivity index (χ4n) is 1.91. The summed E-state index contributed by atoms with van der Waals surface area (Å²) in [6.45, 7) is 2.05. The van der Waals surface area contributed by atoms with Crippen LogP contribution in [0.15, 0.2) is 24.3 Å². The molecule has 1 fully saturated rings. The highest BCUT2D eigenvalue weighted by Crippen LogP contribution is 2.19. The van der Waals surface area contributed by atoms with Crippen LogP contribution in [0.3, 0.4) is 0 Å². The average Bonchev–Trinajstić information content (AvgIpc) is 3.26. The molecular weight excluding hydrogens is 242 g/mol. The fraction of sp³-hybridized carbons (Fsp3) is 0.600. The molecule has 0 radical (unpaired) electrons. The maximum absolute atomic E-state index is 5.90. The van der Waals surface area contributed by atoms with Crippen LogP contribution in [0.2, 0.25) is 0 Å². The molecule has 1 N–H and O–H groups in total. The summed E-state index contributed by atoms with van der Waals surface area (Å²) in [5.74, 6) is 0.862. The van der Waals surface area contributed by atoms with Crippen LogP contribution in [0, 0.1) is 0 Å². The Bertz CT molecular complexity index is 379. The van der Waals surface area contributed by atoms with Crippen molar-refractivity contribution in [3.8, 4) is 5.75 Å². The van der Waals surface area contributed by atoms with Gasteiger partial charge in [-0.3, -0.25) is 0 Å². The van der Waals surface area contributed by atoms with Crippen molar-refractivity contribution >= 4 is 0 Å². The molecule has 0 aliphatic heterocycles. The lowest BCUT2D eigenvalue weighted by Gasteiger charge is -2.18. The number of hydrogen-bond donors (Lipinski definition) is 1. The predicted molar refractivity (Wildman–Crippen MR) is 74.5 cm³/mol. The maximum atomic E-state index is 5.90. The topological polar surface area (TPSA) is 39.7 Å². The van der Waals surface area contributed by atoms with Crippen LogP contribution in [-0.4, -0.2) is 39.5 Å². The average molecular weight is 265 g/mol. The van der Waals surface area contributed by atoms with Crippen molar-refractivity contribution in [2.75, 3.05) is 27.4 Å². The van der Waals surface area contributed by atoms with Crippen LogP contribution < -0.4 is 10.1 Å². The van der Waals surface area contributed by atoms with Gasteiger partial charge in [0.15, 0.2) is 0 Å². The van der Waals surface area contributed by atoms with Gasteiger partial charge < -0.3 is 19.5 Å². The summed E-state index contributed by atoms with van der Waals surface area (Å²) in [6, 6.07) is 8.65. The molecule has 1 atom stereocenters. The van der Waals surface area contributed by atoms with E-state index in [-0.39, 0.29) is 6.10 Å². The van der Waals surface area contributed by atoms with E-state index < -0.39 is 0 Å². The summed E-state index contributed by atoms with van der Waals surface area (Å²) in [7, 11) is 3.38. The van der Waals surface area contributed by atoms with E-state index >= 15 is 0 Å². The van der Waals surface area contributed by atoms with Crippen LogP contribution in [0.4, 0.5) is 0 Å². The third-order valence-electron chi connectivity index (χ3n) is 3.18. The molecule has 0 aromatic heterocycles. The van der Waals surface area contributed by atoms with Crippen molar-refractivity contribution in [1.82, 2.24) is 5.32 Å². The molecule has 1 aromatic carbocycles. The molecule has 1 aliphatic carbocycles. The van der Waals surface area contributed by atoms with E-state index in [4.69, 9.17) is 14.2 Å². The second-order valence-electron chi connectivity index (χ2n) is 4.92. The Balaban J connectivity index is 1.78. The molecule has 0 spiro atoms. The SMILES string of the molecule is COCC(CNC1CC1)OCc1cccc(OC)c1. The Morgan fingerprint density at radius 3 is 2.84 bits per heavy atom. The number of rotatable bonds is 9. The Labute approximate surface area is 115 Å². The van der Waals surface area contributed by atoms with E-state index in [0.29, 0.717) is 19.3 Å². The molecule has 106 valence electrons. The zero-order valence-corrected chi connectivity index (χ0v) is 11.7. The number of hydrogen-bond acceptors (Lipinski definition) is 4. The summed E-state index contributed by atoms with van der Waals surface area (Å²) >= 11 is 0. The number of methoxy groups -OCH3 is 2. The molecule has 0 saturated heterocycles. The largest absolute Gasteiger partial charge is 0.497 e. The van der Waals surface area contributed by atoms with Crippen molar-refractivity contribution in [3.63, 3.8) is 0 Å². The predicted octanol–water partition coefficient (Wildman–Crippen LogP) is 1.98. The van der Waals surface area contributed by atoms with Gasteiger partial charge in [0, 0.05) is 19.7 Å². The summed E-state index contributed by atoms with van der Waals surface area (Å²) in [5, 5.41) is 3.47. The maximum Gasteiger partial charge on any atom is 0.119 e. The standard InChI is InChI=1S/C15H23NO3/c1-17-11-15(9-16-13-6-7-13)19-10-12-4-3-5-14(8-12)18-2/h3-5,8,13,15-16H,6-7,9-11H2,1-2H3. The van der Waals surface area contributed by atoms with E-state index in [0.717, 1.165) is 17.9 Å². The summed E-state index contributed by atoms with van der Waals surface area (Å²) < 4.78 is 16.3. The van der Waals surface area contributed by atoms with Gasteiger partial charge in [-0.05, 0) is 30.5 Å². The number of benzene rings is 1. The smallest absolute Gasteiger partial charge is 0.119 e. The third-order valence-corrected chi connectivity index (χ3v) is 3.18. The Morgan fingerprint density at radius 2 is 2.16 bits per heavy atom. The van der Waals surface area contributed by atoms with Gasteiger partial charge in [-0.25, -0.2) is 0 Å². The first-order chi connectivity index (χ1) is 9.31. The van der Waals surface area contributed by atoms with Gasteiger partial charge in [-0.15, -0.1) is 0 Å². The van der Waals surface area contributed by atoms with Gasteiger partial charge in [0.1, 0.15) is 5.75 Å². The Morgan fingerprint density at radius 1 is 1.32 bits per heavy atom. The lowest BCUT2D eigenvalue weighted by atomic mass is 10.2. The van der Waals surface area contributed by atoms with E-state index in [1.54, 1.807) is 14.2 Å². The molecule has 2 rings (SSSR count). The van der Waals surface area contributed by atoms with Gasteiger partial charge in [-0.2, -0.15) is 0 Å². The van der Waals surface area contributed by atoms with Crippen LogP contribution in [0.25, 0.3) is 0 Å². The lowest BCUT2D eigenvalue weighted by molar-refractivity contribution is -0.0103. The lowest BCUT2D eigenvalue weighted by Crippen LogP contribution is -2.33. The van der Waals surface area contributed by atoms with Crippen molar-refractivity contribution < 1.29 is 14.2 Å². The van der Waals surface area contributed by atoms with Gasteiger partial charge in [0.25, 0.3) is 0 Å². The third kappa shape index (κ3) is 5.19. The monoisotopic (exact) mass is 265 g/mol. The first-order valence-corrected chi connectivity index (χ1v) is 6.78. The van der Waals surface area contributed by atoms with Crippen LogP contribution in [0.5, 0.6) is 5.75 Å². The zero-order valence-electron chi connectivity index (χ0n) is 11.7. The molecule has 1 saturated carbocycles. The van der Waals surface area contributed by atoms with Gasteiger partial charge in [0.2, 0.25) is 0 Å². The molecule has 4 heteroatoms. The normalized spacial score (nSPS) is 16.3. The highest BCUT2D eigenvalue weighted by Gasteiger charge is 2.22. The Hall–Kier alpha value is -1.10. The van der Waals surface area contributed by atoms with Crippen molar-refractivity contribution in [2.24, 2.45) is 0 Å². The molecule has 1 aliphatic rings. The van der Waals surface area contributed by atoms with Crippen LogP contribution in [0.1, 0.15) is 18.4 Å². The second-order valence-corrected chi connectivity index (χ2v) is 4.92. The number of nitrogens with one attached hydrogen (secondary N) is 1. The van der Waals surface area contributed by atoms with Crippen LogP contribution >= 0.6 is 0 Å². The summed E-state index contributed by atoms with van der Waals surface area (Å²) in [4.78, 5) is 0. The first kappa shape index (κ1) is 14.3.